The number of anilines is 1. The van der Waals surface area contributed by atoms with Gasteiger partial charge in [-0.15, -0.1) is 0 Å². The van der Waals surface area contributed by atoms with Crippen LogP contribution in [0.5, 0.6) is 0 Å². The molecule has 0 saturated carbocycles. The maximum atomic E-state index is 13.2. The molecule has 2 aromatic rings. The van der Waals surface area contributed by atoms with Gasteiger partial charge in [0.1, 0.15) is 17.3 Å². The summed E-state index contributed by atoms with van der Waals surface area (Å²) in [6, 6.07) is 7.84. The highest BCUT2D eigenvalue weighted by Crippen LogP contribution is 2.08. The fourth-order valence-electron chi connectivity index (χ4n) is 1.14. The van der Waals surface area contributed by atoms with Crippen LogP contribution in [0, 0.1) is 5.82 Å². The van der Waals surface area contributed by atoms with E-state index < -0.39 is 0 Å². The Kier molecular flexibility index (Phi) is 3.62. The number of nitrogens with zero attached hydrogens (tertiary/aromatic N) is 3. The second-order valence-corrected chi connectivity index (χ2v) is 3.50. The Morgan fingerprint density at radius 1 is 1.29 bits per heavy atom. The lowest BCUT2D eigenvalue weighted by Crippen LogP contribution is -1.95. The summed E-state index contributed by atoms with van der Waals surface area (Å²) in [5.41, 5.74) is 3.02. The number of aromatic nitrogens is 2. The molecule has 1 aromatic carbocycles. The molecule has 0 aliphatic rings. The van der Waals surface area contributed by atoms with Gasteiger partial charge in [-0.3, -0.25) is 5.43 Å². The largest absolute Gasteiger partial charge is 0.261 e. The molecule has 1 heterocycles. The van der Waals surface area contributed by atoms with Crippen LogP contribution in [0.4, 0.5) is 10.2 Å². The molecule has 0 atom stereocenters. The molecule has 0 amide bonds. The van der Waals surface area contributed by atoms with E-state index in [1.807, 2.05) is 0 Å². The zero-order chi connectivity index (χ0) is 12.1. The second-order valence-electron chi connectivity index (χ2n) is 3.12. The van der Waals surface area contributed by atoms with E-state index in [1.165, 1.54) is 24.7 Å². The van der Waals surface area contributed by atoms with Gasteiger partial charge in [0.15, 0.2) is 5.82 Å². The monoisotopic (exact) mass is 250 g/mol. The van der Waals surface area contributed by atoms with Crippen molar-refractivity contribution in [1.82, 2.24) is 9.97 Å². The molecule has 0 unspecified atom stereocenters. The number of hydrogen-bond acceptors (Lipinski definition) is 4. The Balaban J connectivity index is 2.06. The molecule has 0 bridgehead atoms. The summed E-state index contributed by atoms with van der Waals surface area (Å²) >= 11 is 5.66. The van der Waals surface area contributed by atoms with Crippen molar-refractivity contribution in [2.24, 2.45) is 5.10 Å². The van der Waals surface area contributed by atoms with Gasteiger partial charge >= 0.3 is 0 Å². The van der Waals surface area contributed by atoms with Crippen LogP contribution in [0.2, 0.25) is 5.15 Å². The van der Waals surface area contributed by atoms with Crippen molar-refractivity contribution < 1.29 is 4.39 Å². The summed E-state index contributed by atoms with van der Waals surface area (Å²) in [5, 5.41) is 4.16. The highest BCUT2D eigenvalue weighted by atomic mass is 35.5. The predicted octanol–water partition coefficient (Wildman–Crippen LogP) is 2.72. The molecule has 0 saturated heterocycles. The Morgan fingerprint density at radius 3 is 2.88 bits per heavy atom. The van der Waals surface area contributed by atoms with Crippen molar-refractivity contribution in [2.45, 2.75) is 0 Å². The van der Waals surface area contributed by atoms with E-state index >= 15 is 0 Å². The van der Waals surface area contributed by atoms with Gasteiger partial charge in [-0.1, -0.05) is 29.8 Å². The van der Waals surface area contributed by atoms with Crippen LogP contribution in [-0.4, -0.2) is 16.2 Å². The van der Waals surface area contributed by atoms with E-state index in [1.54, 1.807) is 18.2 Å². The minimum absolute atomic E-state index is 0.309. The maximum Gasteiger partial charge on any atom is 0.151 e. The first-order valence-electron chi connectivity index (χ1n) is 4.77. The fourth-order valence-corrected chi connectivity index (χ4v) is 1.29. The number of nitrogens with one attached hydrogen (secondary N) is 1. The molecule has 2 rings (SSSR count). The van der Waals surface area contributed by atoms with Gasteiger partial charge in [0.05, 0.1) is 6.21 Å². The standard InChI is InChI=1S/C11H8ClFN4/c12-10-5-11(15-7-14-10)17-16-6-8-3-1-2-4-9(8)13/h1-7H,(H,14,15,17). The number of benzene rings is 1. The maximum absolute atomic E-state index is 13.2. The lowest BCUT2D eigenvalue weighted by Gasteiger charge is -1.98. The first-order chi connectivity index (χ1) is 8.25. The van der Waals surface area contributed by atoms with E-state index in [2.05, 4.69) is 20.5 Å². The fraction of sp³-hybridized carbons (Fsp3) is 0. The molecule has 1 N–H and O–H groups in total. The average Bonchev–Trinajstić information content (AvgIpc) is 2.32. The summed E-state index contributed by atoms with van der Waals surface area (Å²) in [6.45, 7) is 0. The van der Waals surface area contributed by atoms with Gasteiger partial charge in [0.25, 0.3) is 0 Å². The van der Waals surface area contributed by atoms with E-state index in [4.69, 9.17) is 11.6 Å². The van der Waals surface area contributed by atoms with Gasteiger partial charge in [-0.25, -0.2) is 14.4 Å². The number of halogens is 2. The zero-order valence-corrected chi connectivity index (χ0v) is 9.39. The Hall–Kier alpha value is -2.01. The zero-order valence-electron chi connectivity index (χ0n) is 8.64. The van der Waals surface area contributed by atoms with Crippen LogP contribution in [0.25, 0.3) is 0 Å². The molecule has 6 heteroatoms. The number of rotatable bonds is 3. The van der Waals surface area contributed by atoms with Gasteiger partial charge < -0.3 is 0 Å². The third-order valence-corrected chi connectivity index (χ3v) is 2.13. The lowest BCUT2D eigenvalue weighted by molar-refractivity contribution is 0.626. The quantitative estimate of drug-likeness (QED) is 0.518. The highest BCUT2D eigenvalue weighted by molar-refractivity contribution is 6.29. The lowest BCUT2D eigenvalue weighted by atomic mass is 10.2. The predicted molar refractivity (Wildman–Crippen MR) is 64.7 cm³/mol. The molecule has 0 spiro atoms. The van der Waals surface area contributed by atoms with Crippen molar-refractivity contribution in [2.75, 3.05) is 5.43 Å². The van der Waals surface area contributed by atoms with Gasteiger partial charge in [-0.05, 0) is 6.07 Å². The number of hydrogen-bond donors (Lipinski definition) is 1. The Morgan fingerprint density at radius 2 is 2.12 bits per heavy atom. The van der Waals surface area contributed by atoms with E-state index in [9.17, 15) is 4.39 Å². The third-order valence-electron chi connectivity index (χ3n) is 1.92. The summed E-state index contributed by atoms with van der Waals surface area (Å²) < 4.78 is 13.2. The van der Waals surface area contributed by atoms with Crippen molar-refractivity contribution in [1.29, 1.82) is 0 Å². The molecule has 17 heavy (non-hydrogen) atoms. The molecule has 86 valence electrons. The van der Waals surface area contributed by atoms with Crippen LogP contribution in [0.15, 0.2) is 41.8 Å². The molecule has 0 fully saturated rings. The van der Waals surface area contributed by atoms with E-state index in [0.717, 1.165) is 0 Å². The average molecular weight is 251 g/mol. The molecular formula is C11H8ClFN4. The van der Waals surface area contributed by atoms with Crippen molar-refractivity contribution in [3.05, 3.63) is 53.2 Å². The van der Waals surface area contributed by atoms with Gasteiger partial charge in [0, 0.05) is 11.6 Å². The Labute approximate surface area is 102 Å². The van der Waals surface area contributed by atoms with Gasteiger partial charge in [0.2, 0.25) is 0 Å². The van der Waals surface area contributed by atoms with Crippen LogP contribution in [0.1, 0.15) is 5.56 Å². The van der Waals surface area contributed by atoms with E-state index in [0.29, 0.717) is 16.5 Å². The summed E-state index contributed by atoms with van der Waals surface area (Å²) in [7, 11) is 0. The van der Waals surface area contributed by atoms with Crippen molar-refractivity contribution in [3.8, 4) is 0 Å². The Bertz CT molecular complexity index is 544. The first-order valence-corrected chi connectivity index (χ1v) is 5.14. The minimum Gasteiger partial charge on any atom is -0.261 e. The topological polar surface area (TPSA) is 50.2 Å². The van der Waals surface area contributed by atoms with Crippen LogP contribution < -0.4 is 5.43 Å². The number of hydrazone groups is 1. The van der Waals surface area contributed by atoms with Crippen LogP contribution >= 0.6 is 11.6 Å². The van der Waals surface area contributed by atoms with E-state index in [-0.39, 0.29) is 5.82 Å². The summed E-state index contributed by atoms with van der Waals surface area (Å²) in [6.07, 6.45) is 2.68. The molecule has 4 nitrogen and oxygen atoms in total. The minimum atomic E-state index is -0.334. The smallest absolute Gasteiger partial charge is 0.151 e. The molecular weight excluding hydrogens is 243 g/mol. The summed E-state index contributed by atoms with van der Waals surface area (Å²) in [4.78, 5) is 7.60. The molecule has 0 aliphatic carbocycles. The summed E-state index contributed by atoms with van der Waals surface area (Å²) in [5.74, 6) is 0.108. The van der Waals surface area contributed by atoms with Crippen molar-refractivity contribution >= 4 is 23.6 Å². The van der Waals surface area contributed by atoms with Gasteiger partial charge in [-0.2, -0.15) is 5.10 Å². The first kappa shape index (κ1) is 11.5. The third kappa shape index (κ3) is 3.22. The van der Waals surface area contributed by atoms with Crippen LogP contribution in [-0.2, 0) is 0 Å². The SMILES string of the molecule is Fc1ccccc1C=NNc1cc(Cl)ncn1. The van der Waals surface area contributed by atoms with Crippen LogP contribution in [0.3, 0.4) is 0 Å². The normalized spacial score (nSPS) is 10.7. The van der Waals surface area contributed by atoms with Crippen molar-refractivity contribution in [3.63, 3.8) is 0 Å². The molecule has 0 radical (unpaired) electrons. The highest BCUT2D eigenvalue weighted by Gasteiger charge is 1.96. The molecule has 0 aliphatic heterocycles. The molecule has 1 aromatic heterocycles. The second kappa shape index (κ2) is 5.36.